The fourth-order valence-electron chi connectivity index (χ4n) is 3.51. The zero-order valence-electron chi connectivity index (χ0n) is 15.5. The number of rotatable bonds is 6. The first-order valence-electron chi connectivity index (χ1n) is 9.21. The van der Waals surface area contributed by atoms with Crippen molar-refractivity contribution in [2.75, 3.05) is 26.0 Å². The molecule has 0 bridgehead atoms. The maximum atomic E-state index is 13.9. The normalized spacial score (nSPS) is 13.8. The van der Waals surface area contributed by atoms with Gasteiger partial charge in [-0.3, -0.25) is 14.2 Å². The van der Waals surface area contributed by atoms with E-state index in [2.05, 4.69) is 10.3 Å². The average Bonchev–Trinajstić information content (AvgIpc) is 2.98. The highest BCUT2D eigenvalue weighted by Crippen LogP contribution is 2.30. The lowest BCUT2D eigenvalue weighted by molar-refractivity contribution is -0.121. The summed E-state index contributed by atoms with van der Waals surface area (Å²) >= 11 is 1.53. The molecule has 0 fully saturated rings. The summed E-state index contributed by atoms with van der Waals surface area (Å²) in [6.45, 7) is 1.62. The van der Waals surface area contributed by atoms with Crippen LogP contribution in [-0.2, 0) is 22.6 Å². The number of ether oxygens (including phenoxy) is 1. The molecule has 0 aliphatic carbocycles. The Balaban J connectivity index is 1.81. The van der Waals surface area contributed by atoms with Crippen molar-refractivity contribution in [1.29, 1.82) is 0 Å². The van der Waals surface area contributed by atoms with Gasteiger partial charge in [-0.1, -0.05) is 11.8 Å². The average molecular weight is 404 g/mol. The highest BCUT2D eigenvalue weighted by atomic mass is 32.2. The third-order valence-electron chi connectivity index (χ3n) is 4.79. The number of hydrogen-bond acceptors (Lipinski definition) is 5. The number of fused-ring (bicyclic) bond motifs is 4. The van der Waals surface area contributed by atoms with Crippen LogP contribution in [-0.4, -0.2) is 46.0 Å². The highest BCUT2D eigenvalue weighted by Gasteiger charge is 2.22. The molecule has 3 heterocycles. The van der Waals surface area contributed by atoms with Crippen LogP contribution in [0.3, 0.4) is 0 Å². The Labute approximate surface area is 164 Å². The van der Waals surface area contributed by atoms with E-state index in [9.17, 15) is 14.0 Å². The Morgan fingerprint density at radius 3 is 3.11 bits per heavy atom. The Hall–Kier alpha value is -2.39. The number of carbonyl (C=O) groups is 1. The summed E-state index contributed by atoms with van der Waals surface area (Å²) in [5.74, 6) is 0.285. The van der Waals surface area contributed by atoms with E-state index >= 15 is 0 Å². The second kappa shape index (κ2) is 7.92. The van der Waals surface area contributed by atoms with Crippen molar-refractivity contribution < 1.29 is 13.9 Å². The quantitative estimate of drug-likeness (QED) is 0.503. The van der Waals surface area contributed by atoms with Gasteiger partial charge >= 0.3 is 0 Å². The molecule has 1 amide bonds. The monoisotopic (exact) mass is 404 g/mol. The predicted octanol–water partition coefficient (Wildman–Crippen LogP) is 2.14. The van der Waals surface area contributed by atoms with Gasteiger partial charge in [0.05, 0.1) is 5.52 Å². The van der Waals surface area contributed by atoms with Crippen molar-refractivity contribution in [3.05, 3.63) is 34.4 Å². The van der Waals surface area contributed by atoms with Crippen LogP contribution in [0, 0.1) is 5.82 Å². The number of aromatic nitrogens is 3. The van der Waals surface area contributed by atoms with E-state index in [4.69, 9.17) is 4.74 Å². The van der Waals surface area contributed by atoms with Gasteiger partial charge in [-0.15, -0.1) is 0 Å². The van der Waals surface area contributed by atoms with Gasteiger partial charge in [0.1, 0.15) is 23.4 Å². The maximum Gasteiger partial charge on any atom is 0.278 e. The second-order valence-electron chi connectivity index (χ2n) is 6.69. The molecule has 0 spiro atoms. The van der Waals surface area contributed by atoms with Crippen LogP contribution in [0.25, 0.3) is 21.9 Å². The van der Waals surface area contributed by atoms with Gasteiger partial charge in [-0.05, 0) is 31.0 Å². The van der Waals surface area contributed by atoms with Crippen molar-refractivity contribution in [3.8, 4) is 0 Å². The minimum absolute atomic E-state index is 0.0258. The molecule has 0 saturated heterocycles. The third kappa shape index (κ3) is 3.40. The third-order valence-corrected chi connectivity index (χ3v) is 5.85. The lowest BCUT2D eigenvalue weighted by atomic mass is 10.2. The van der Waals surface area contributed by atoms with E-state index < -0.39 is 5.82 Å². The van der Waals surface area contributed by atoms with Gasteiger partial charge in [0, 0.05) is 37.9 Å². The van der Waals surface area contributed by atoms with Crippen molar-refractivity contribution >= 4 is 39.6 Å². The molecular formula is C19H21FN4O3S. The molecule has 0 atom stereocenters. The number of amides is 1. The fourth-order valence-corrected chi connectivity index (χ4v) is 4.45. The van der Waals surface area contributed by atoms with E-state index in [0.717, 1.165) is 12.2 Å². The minimum Gasteiger partial charge on any atom is -0.385 e. The summed E-state index contributed by atoms with van der Waals surface area (Å²) < 4.78 is 22.2. The molecular weight excluding hydrogens is 383 g/mol. The number of hydrogen-bond donors (Lipinski definition) is 1. The molecule has 0 radical (unpaired) electrons. The lowest BCUT2D eigenvalue weighted by Gasteiger charge is -2.17. The van der Waals surface area contributed by atoms with Crippen LogP contribution in [0.4, 0.5) is 4.39 Å². The largest absolute Gasteiger partial charge is 0.385 e. The van der Waals surface area contributed by atoms with Crippen LogP contribution < -0.4 is 10.9 Å². The molecule has 1 aliphatic rings. The summed E-state index contributed by atoms with van der Waals surface area (Å²) in [5, 5.41) is 4.03. The van der Waals surface area contributed by atoms with Gasteiger partial charge in [0.25, 0.3) is 5.56 Å². The topological polar surface area (TPSA) is 78.2 Å². The number of carbonyl (C=O) groups excluding carboxylic acids is 1. The van der Waals surface area contributed by atoms with E-state index in [-0.39, 0.29) is 18.0 Å². The molecule has 2 aromatic heterocycles. The van der Waals surface area contributed by atoms with Gasteiger partial charge < -0.3 is 14.6 Å². The van der Waals surface area contributed by atoms with E-state index in [1.807, 2.05) is 0 Å². The summed E-state index contributed by atoms with van der Waals surface area (Å²) in [6.07, 6.45) is 1.59. The number of benzene rings is 1. The zero-order chi connectivity index (χ0) is 19.7. The van der Waals surface area contributed by atoms with Crippen molar-refractivity contribution in [2.45, 2.75) is 31.1 Å². The molecule has 0 unspecified atom stereocenters. The molecule has 7 nitrogen and oxygen atoms in total. The minimum atomic E-state index is -0.400. The van der Waals surface area contributed by atoms with Crippen molar-refractivity contribution in [3.63, 3.8) is 0 Å². The Kier molecular flexibility index (Phi) is 5.36. The van der Waals surface area contributed by atoms with Gasteiger partial charge in [0.2, 0.25) is 5.91 Å². The predicted molar refractivity (Wildman–Crippen MR) is 106 cm³/mol. The maximum absolute atomic E-state index is 13.9. The smallest absolute Gasteiger partial charge is 0.278 e. The molecule has 3 aromatic rings. The first-order valence-corrected chi connectivity index (χ1v) is 10.2. The van der Waals surface area contributed by atoms with Crippen LogP contribution in [0.1, 0.15) is 12.8 Å². The standard InChI is InChI=1S/C19H21FN4O3S/c1-27-8-2-6-21-15(25)11-24-14-5-4-12(20)10-13(14)16-17(24)18(26)23-7-3-9-28-19(23)22-16/h4-5,10H,2-3,6-9,11H2,1H3,(H,21,25). The molecule has 1 aromatic carbocycles. The molecule has 4 rings (SSSR count). The van der Waals surface area contributed by atoms with Crippen molar-refractivity contribution in [1.82, 2.24) is 19.4 Å². The van der Waals surface area contributed by atoms with Gasteiger partial charge in [0.15, 0.2) is 5.16 Å². The number of nitrogens with zero attached hydrogens (tertiary/aromatic N) is 3. The molecule has 9 heteroatoms. The summed E-state index contributed by atoms with van der Waals surface area (Å²) in [5.41, 5.74) is 1.24. The zero-order valence-corrected chi connectivity index (χ0v) is 16.4. The second-order valence-corrected chi connectivity index (χ2v) is 7.76. The molecule has 1 aliphatic heterocycles. The van der Waals surface area contributed by atoms with Gasteiger partial charge in [-0.2, -0.15) is 0 Å². The summed E-state index contributed by atoms with van der Waals surface area (Å²) in [4.78, 5) is 30.3. The van der Waals surface area contributed by atoms with Crippen LogP contribution in [0.5, 0.6) is 0 Å². The highest BCUT2D eigenvalue weighted by molar-refractivity contribution is 7.99. The van der Waals surface area contributed by atoms with Gasteiger partial charge in [-0.25, -0.2) is 9.37 Å². The number of methoxy groups -OCH3 is 1. The number of halogens is 1. The number of nitrogens with one attached hydrogen (secondary N) is 1. The van der Waals surface area contributed by atoms with Crippen LogP contribution in [0.15, 0.2) is 28.2 Å². The lowest BCUT2D eigenvalue weighted by Crippen LogP contribution is -2.31. The summed E-state index contributed by atoms with van der Waals surface area (Å²) in [7, 11) is 1.61. The SMILES string of the molecule is COCCCNC(=O)Cn1c2ccc(F)cc2c2nc3n(c(=O)c21)CCCS3. The molecule has 0 saturated carbocycles. The summed E-state index contributed by atoms with van der Waals surface area (Å²) in [6, 6.07) is 4.31. The first kappa shape index (κ1) is 18.9. The molecule has 148 valence electrons. The fraction of sp³-hybridized carbons (Fsp3) is 0.421. The van der Waals surface area contributed by atoms with E-state index in [1.165, 1.54) is 23.9 Å². The van der Waals surface area contributed by atoms with Crippen LogP contribution >= 0.6 is 11.8 Å². The first-order chi connectivity index (χ1) is 13.6. The molecule has 28 heavy (non-hydrogen) atoms. The molecule has 1 N–H and O–H groups in total. The Morgan fingerprint density at radius 1 is 1.43 bits per heavy atom. The number of thioether (sulfide) groups is 1. The Bertz CT molecular complexity index is 1110. The van der Waals surface area contributed by atoms with E-state index in [0.29, 0.717) is 53.2 Å². The Morgan fingerprint density at radius 2 is 2.29 bits per heavy atom. The van der Waals surface area contributed by atoms with Crippen LogP contribution in [0.2, 0.25) is 0 Å². The van der Waals surface area contributed by atoms with E-state index in [1.54, 1.807) is 22.3 Å². The van der Waals surface area contributed by atoms with Crippen molar-refractivity contribution in [2.24, 2.45) is 0 Å².